The highest BCUT2D eigenvalue weighted by Crippen LogP contribution is 2.20. The molecule has 1 N–H and O–H groups in total. The van der Waals surface area contributed by atoms with Crippen LogP contribution in [0, 0.1) is 0 Å². The Balaban J connectivity index is 1.91. The molecule has 0 aliphatic carbocycles. The van der Waals surface area contributed by atoms with Crippen molar-refractivity contribution < 1.29 is 18.3 Å². The fraction of sp³-hybridized carbons (Fsp3) is 0.333. The number of alkyl halides is 2. The maximum Gasteiger partial charge on any atom is 0.387 e. The minimum absolute atomic E-state index is 0.0501. The molecule has 0 fully saturated rings. The van der Waals surface area contributed by atoms with Crippen LogP contribution in [-0.2, 0) is 11.2 Å². The summed E-state index contributed by atoms with van der Waals surface area (Å²) in [6.45, 7) is 1.23. The van der Waals surface area contributed by atoms with E-state index < -0.39 is 6.61 Å². The van der Waals surface area contributed by atoms with Crippen LogP contribution < -0.4 is 10.1 Å². The summed E-state index contributed by atoms with van der Waals surface area (Å²) >= 11 is 1.53. The van der Waals surface area contributed by atoms with Gasteiger partial charge in [-0.25, -0.2) is 4.98 Å². The number of thiazole rings is 1. The number of hydrogen-bond donors (Lipinski definition) is 1. The van der Waals surface area contributed by atoms with E-state index in [0.717, 1.165) is 10.7 Å². The molecule has 0 aliphatic rings. The van der Waals surface area contributed by atoms with Gasteiger partial charge in [0.1, 0.15) is 5.75 Å². The van der Waals surface area contributed by atoms with E-state index in [1.54, 1.807) is 0 Å². The number of carbonyl (C=O) groups excluding carboxylic acids is 1. The van der Waals surface area contributed by atoms with Crippen molar-refractivity contribution >= 4 is 22.9 Å². The summed E-state index contributed by atoms with van der Waals surface area (Å²) in [6.07, 6.45) is 0.179. The van der Waals surface area contributed by atoms with Gasteiger partial charge in [0, 0.05) is 17.0 Å². The second kappa shape index (κ2) is 7.31. The average Bonchev–Trinajstić information content (AvgIpc) is 2.89. The van der Waals surface area contributed by atoms with Crippen molar-refractivity contribution in [1.29, 1.82) is 0 Å². The molecule has 1 aromatic heterocycles. The standard InChI is InChI=1S/C15H16F2N2O2S/c1-9(2)14-19-11(8-22-14)7-13(20)18-10-3-5-12(6-4-10)21-15(16)17/h3-6,8-9,15H,7H2,1-2H3,(H,18,20). The Bertz CT molecular complexity index is 627. The van der Waals surface area contributed by atoms with Gasteiger partial charge in [0.2, 0.25) is 5.91 Å². The normalized spacial score (nSPS) is 11.0. The highest BCUT2D eigenvalue weighted by atomic mass is 32.1. The summed E-state index contributed by atoms with van der Waals surface area (Å²) in [6, 6.07) is 5.77. The molecule has 118 valence electrons. The smallest absolute Gasteiger partial charge is 0.387 e. The van der Waals surface area contributed by atoms with Crippen LogP contribution in [0.5, 0.6) is 5.75 Å². The lowest BCUT2D eigenvalue weighted by molar-refractivity contribution is -0.115. The average molecular weight is 326 g/mol. The molecule has 1 amide bonds. The quantitative estimate of drug-likeness (QED) is 0.871. The third-order valence-corrected chi connectivity index (χ3v) is 3.96. The Labute approximate surface area is 131 Å². The van der Waals surface area contributed by atoms with E-state index in [4.69, 9.17) is 0 Å². The molecule has 1 aromatic carbocycles. The number of amides is 1. The van der Waals surface area contributed by atoms with E-state index in [0.29, 0.717) is 11.6 Å². The van der Waals surface area contributed by atoms with Gasteiger partial charge in [-0.2, -0.15) is 8.78 Å². The monoisotopic (exact) mass is 326 g/mol. The number of nitrogens with one attached hydrogen (secondary N) is 1. The fourth-order valence-corrected chi connectivity index (χ4v) is 2.59. The molecule has 0 saturated heterocycles. The van der Waals surface area contributed by atoms with E-state index in [9.17, 15) is 13.6 Å². The molecular formula is C15H16F2N2O2S. The number of carbonyl (C=O) groups is 1. The van der Waals surface area contributed by atoms with Crippen molar-refractivity contribution in [2.24, 2.45) is 0 Å². The van der Waals surface area contributed by atoms with Crippen molar-refractivity contribution in [1.82, 2.24) is 4.98 Å². The number of nitrogens with zero attached hydrogens (tertiary/aromatic N) is 1. The maximum absolute atomic E-state index is 12.0. The molecule has 2 rings (SSSR count). The van der Waals surface area contributed by atoms with Crippen molar-refractivity contribution in [3.05, 3.63) is 40.3 Å². The molecule has 0 aliphatic heterocycles. The molecule has 0 radical (unpaired) electrons. The number of anilines is 1. The molecule has 22 heavy (non-hydrogen) atoms. The first-order valence-electron chi connectivity index (χ1n) is 6.73. The minimum atomic E-state index is -2.86. The van der Waals surface area contributed by atoms with Crippen LogP contribution in [-0.4, -0.2) is 17.5 Å². The molecule has 0 unspecified atom stereocenters. The van der Waals surface area contributed by atoms with Crippen LogP contribution in [0.4, 0.5) is 14.5 Å². The van der Waals surface area contributed by atoms with Crippen LogP contribution in [0.15, 0.2) is 29.6 Å². The molecule has 4 nitrogen and oxygen atoms in total. The third kappa shape index (κ3) is 4.77. The zero-order valence-electron chi connectivity index (χ0n) is 12.2. The van der Waals surface area contributed by atoms with Gasteiger partial charge in [-0.1, -0.05) is 13.8 Å². The molecule has 2 aromatic rings. The highest BCUT2D eigenvalue weighted by Gasteiger charge is 2.10. The van der Waals surface area contributed by atoms with E-state index in [-0.39, 0.29) is 18.1 Å². The van der Waals surface area contributed by atoms with E-state index in [1.807, 2.05) is 19.2 Å². The first kappa shape index (κ1) is 16.4. The second-order valence-corrected chi connectivity index (χ2v) is 5.85. The lowest BCUT2D eigenvalue weighted by Gasteiger charge is -2.07. The van der Waals surface area contributed by atoms with Crippen molar-refractivity contribution in [3.8, 4) is 5.75 Å². The SMILES string of the molecule is CC(C)c1nc(CC(=O)Nc2ccc(OC(F)F)cc2)cs1. The number of rotatable bonds is 6. The topological polar surface area (TPSA) is 51.2 Å². The lowest BCUT2D eigenvalue weighted by Crippen LogP contribution is -2.14. The maximum atomic E-state index is 12.0. The predicted octanol–water partition coefficient (Wildman–Crippen LogP) is 4.05. The van der Waals surface area contributed by atoms with Crippen LogP contribution in [0.2, 0.25) is 0 Å². The van der Waals surface area contributed by atoms with Crippen LogP contribution in [0.1, 0.15) is 30.5 Å². The summed E-state index contributed by atoms with van der Waals surface area (Å²) in [5.41, 5.74) is 1.25. The lowest BCUT2D eigenvalue weighted by atomic mass is 10.2. The van der Waals surface area contributed by atoms with Crippen LogP contribution >= 0.6 is 11.3 Å². The fourth-order valence-electron chi connectivity index (χ4n) is 1.76. The Morgan fingerprint density at radius 3 is 2.55 bits per heavy atom. The van der Waals surface area contributed by atoms with Gasteiger partial charge in [0.15, 0.2) is 0 Å². The Hall–Kier alpha value is -2.02. The molecular weight excluding hydrogens is 310 g/mol. The minimum Gasteiger partial charge on any atom is -0.435 e. The third-order valence-electron chi connectivity index (χ3n) is 2.77. The Morgan fingerprint density at radius 2 is 2.00 bits per heavy atom. The first-order chi connectivity index (χ1) is 10.4. The number of benzene rings is 1. The van der Waals surface area contributed by atoms with Crippen LogP contribution in [0.25, 0.3) is 0 Å². The molecule has 0 spiro atoms. The number of halogens is 2. The number of hydrogen-bond acceptors (Lipinski definition) is 4. The van der Waals surface area contributed by atoms with Gasteiger partial charge >= 0.3 is 6.61 Å². The van der Waals surface area contributed by atoms with Gasteiger partial charge in [-0.3, -0.25) is 4.79 Å². The molecule has 0 atom stereocenters. The van der Waals surface area contributed by atoms with Gasteiger partial charge in [-0.15, -0.1) is 11.3 Å². The molecule has 0 saturated carbocycles. The van der Waals surface area contributed by atoms with E-state index >= 15 is 0 Å². The Kier molecular flexibility index (Phi) is 5.43. The summed E-state index contributed by atoms with van der Waals surface area (Å²) < 4.78 is 28.3. The van der Waals surface area contributed by atoms with E-state index in [2.05, 4.69) is 15.0 Å². The first-order valence-corrected chi connectivity index (χ1v) is 7.61. The van der Waals surface area contributed by atoms with Crippen molar-refractivity contribution in [2.45, 2.75) is 32.8 Å². The van der Waals surface area contributed by atoms with Gasteiger partial charge in [0.25, 0.3) is 0 Å². The summed E-state index contributed by atoms with van der Waals surface area (Å²) in [5.74, 6) is 0.182. The Morgan fingerprint density at radius 1 is 1.32 bits per heavy atom. The molecule has 0 bridgehead atoms. The molecule has 7 heteroatoms. The predicted molar refractivity (Wildman–Crippen MR) is 81.6 cm³/mol. The van der Waals surface area contributed by atoms with Gasteiger partial charge < -0.3 is 10.1 Å². The molecule has 1 heterocycles. The summed E-state index contributed by atoms with van der Waals surface area (Å²) in [4.78, 5) is 16.3. The zero-order valence-corrected chi connectivity index (χ0v) is 13.0. The number of ether oxygens (including phenoxy) is 1. The van der Waals surface area contributed by atoms with Gasteiger partial charge in [-0.05, 0) is 24.3 Å². The van der Waals surface area contributed by atoms with Crippen LogP contribution in [0.3, 0.4) is 0 Å². The van der Waals surface area contributed by atoms with Crippen molar-refractivity contribution in [2.75, 3.05) is 5.32 Å². The second-order valence-electron chi connectivity index (χ2n) is 4.96. The summed E-state index contributed by atoms with van der Waals surface area (Å²) in [7, 11) is 0. The van der Waals surface area contributed by atoms with Gasteiger partial charge in [0.05, 0.1) is 17.1 Å². The highest BCUT2D eigenvalue weighted by molar-refractivity contribution is 7.09. The van der Waals surface area contributed by atoms with E-state index in [1.165, 1.54) is 35.6 Å². The summed E-state index contributed by atoms with van der Waals surface area (Å²) in [5, 5.41) is 5.56. The number of aromatic nitrogens is 1. The van der Waals surface area contributed by atoms with Crippen molar-refractivity contribution in [3.63, 3.8) is 0 Å². The largest absolute Gasteiger partial charge is 0.435 e. The zero-order chi connectivity index (χ0) is 16.1.